The van der Waals surface area contributed by atoms with E-state index in [9.17, 15) is 18.0 Å². The number of carbonyl (C=O) groups is 1. The summed E-state index contributed by atoms with van der Waals surface area (Å²) in [6.45, 7) is 0. The predicted molar refractivity (Wildman–Crippen MR) is 73.5 cm³/mol. The minimum Gasteiger partial charge on any atom is -0.287 e. The second-order valence-electron chi connectivity index (χ2n) is 3.99. The SMILES string of the molecule is Cn1ncc(Br)c1C(=O)c1ccc(Br)c(C(F)(F)F)c1. The zero-order valence-corrected chi connectivity index (χ0v) is 13.2. The molecule has 0 amide bonds. The molecule has 8 heteroatoms. The molecule has 0 aliphatic rings. The van der Waals surface area contributed by atoms with Crippen LogP contribution in [0.1, 0.15) is 21.6 Å². The van der Waals surface area contributed by atoms with Gasteiger partial charge in [0.05, 0.1) is 16.2 Å². The van der Waals surface area contributed by atoms with Crippen molar-refractivity contribution in [3.05, 3.63) is 50.2 Å². The van der Waals surface area contributed by atoms with Crippen LogP contribution < -0.4 is 0 Å². The molecule has 106 valence electrons. The lowest BCUT2D eigenvalue weighted by Gasteiger charge is -2.11. The molecule has 2 rings (SSSR count). The largest absolute Gasteiger partial charge is 0.417 e. The molecule has 3 nitrogen and oxygen atoms in total. The molecule has 1 aromatic carbocycles. The van der Waals surface area contributed by atoms with Crippen LogP contribution >= 0.6 is 31.9 Å². The summed E-state index contributed by atoms with van der Waals surface area (Å²) in [5.41, 5.74) is -0.744. The number of alkyl halides is 3. The van der Waals surface area contributed by atoms with Gasteiger partial charge in [-0.05, 0) is 34.1 Å². The van der Waals surface area contributed by atoms with Crippen LogP contribution in [0.2, 0.25) is 0 Å². The van der Waals surface area contributed by atoms with Gasteiger partial charge in [0.15, 0.2) is 0 Å². The van der Waals surface area contributed by atoms with Gasteiger partial charge in [0.25, 0.3) is 0 Å². The van der Waals surface area contributed by atoms with E-state index < -0.39 is 17.5 Å². The second-order valence-corrected chi connectivity index (χ2v) is 5.69. The van der Waals surface area contributed by atoms with Crippen LogP contribution in [-0.2, 0) is 13.2 Å². The number of hydrogen-bond acceptors (Lipinski definition) is 2. The zero-order chi connectivity index (χ0) is 15.1. The number of carbonyl (C=O) groups excluding carboxylic acids is 1. The van der Waals surface area contributed by atoms with Gasteiger partial charge in [0.1, 0.15) is 5.69 Å². The minimum absolute atomic E-state index is 0.0511. The van der Waals surface area contributed by atoms with Gasteiger partial charge < -0.3 is 0 Å². The Bertz CT molecular complexity index is 660. The van der Waals surface area contributed by atoms with Crippen molar-refractivity contribution in [2.24, 2.45) is 7.05 Å². The van der Waals surface area contributed by atoms with Crippen LogP contribution in [0.3, 0.4) is 0 Å². The van der Waals surface area contributed by atoms with E-state index in [-0.39, 0.29) is 15.7 Å². The Kier molecular flexibility index (Phi) is 4.06. The van der Waals surface area contributed by atoms with Crippen molar-refractivity contribution in [2.75, 3.05) is 0 Å². The van der Waals surface area contributed by atoms with Crippen molar-refractivity contribution in [3.8, 4) is 0 Å². The van der Waals surface area contributed by atoms with Gasteiger partial charge in [0, 0.05) is 17.1 Å². The third-order valence-electron chi connectivity index (χ3n) is 2.64. The minimum atomic E-state index is -4.53. The summed E-state index contributed by atoms with van der Waals surface area (Å²) in [4.78, 5) is 12.3. The molecule has 0 bridgehead atoms. The smallest absolute Gasteiger partial charge is 0.287 e. The van der Waals surface area contributed by atoms with Crippen LogP contribution in [0.5, 0.6) is 0 Å². The first-order valence-corrected chi connectivity index (χ1v) is 6.89. The third-order valence-corrected chi connectivity index (χ3v) is 3.91. The second kappa shape index (κ2) is 5.33. The number of nitrogens with zero attached hydrogens (tertiary/aromatic N) is 2. The first-order valence-electron chi connectivity index (χ1n) is 5.30. The highest BCUT2D eigenvalue weighted by molar-refractivity contribution is 9.10. The first kappa shape index (κ1) is 15.2. The summed E-state index contributed by atoms with van der Waals surface area (Å²) in [5, 5.41) is 3.87. The van der Waals surface area contributed by atoms with Crippen LogP contribution in [-0.4, -0.2) is 15.6 Å². The highest BCUT2D eigenvalue weighted by Crippen LogP contribution is 2.35. The van der Waals surface area contributed by atoms with E-state index in [4.69, 9.17) is 0 Å². The predicted octanol–water partition coefficient (Wildman–Crippen LogP) is 4.19. The molecule has 0 radical (unpaired) electrons. The van der Waals surface area contributed by atoms with Gasteiger partial charge in [0.2, 0.25) is 5.78 Å². The molecule has 0 fully saturated rings. The summed E-state index contributed by atoms with van der Waals surface area (Å²) in [6, 6.07) is 3.37. The molecule has 1 aromatic heterocycles. The molecule has 0 aliphatic heterocycles. The van der Waals surface area contributed by atoms with Crippen molar-refractivity contribution >= 4 is 37.6 Å². The number of hydrogen-bond donors (Lipinski definition) is 0. The Balaban J connectivity index is 2.52. The number of aryl methyl sites for hydroxylation is 1. The van der Waals surface area contributed by atoms with Crippen molar-refractivity contribution in [1.82, 2.24) is 9.78 Å². The van der Waals surface area contributed by atoms with E-state index in [1.165, 1.54) is 23.0 Å². The molecule has 0 saturated carbocycles. The van der Waals surface area contributed by atoms with E-state index in [0.29, 0.717) is 4.47 Å². The average Bonchev–Trinajstić information content (AvgIpc) is 2.67. The first-order chi connectivity index (χ1) is 9.21. The molecule has 0 spiro atoms. The number of ketones is 1. The summed E-state index contributed by atoms with van der Waals surface area (Å²) in [7, 11) is 1.54. The lowest BCUT2D eigenvalue weighted by molar-refractivity contribution is -0.138. The zero-order valence-electron chi connectivity index (χ0n) is 10.0. The molecule has 0 N–H and O–H groups in total. The maximum atomic E-state index is 12.8. The standard InChI is InChI=1S/C12H7Br2F3N2O/c1-19-10(9(14)5-18-19)11(20)6-2-3-8(13)7(4-6)12(15,16)17/h2-5H,1H3. The monoisotopic (exact) mass is 410 g/mol. The van der Waals surface area contributed by atoms with Gasteiger partial charge in [-0.1, -0.05) is 15.9 Å². The van der Waals surface area contributed by atoms with Gasteiger partial charge in [-0.25, -0.2) is 0 Å². The Hall–Kier alpha value is -1.15. The van der Waals surface area contributed by atoms with Crippen LogP contribution in [0.15, 0.2) is 33.3 Å². The Labute approximate surface area is 129 Å². The molecule has 20 heavy (non-hydrogen) atoms. The third kappa shape index (κ3) is 2.80. The van der Waals surface area contributed by atoms with E-state index in [1.54, 1.807) is 7.05 Å². The van der Waals surface area contributed by atoms with Crippen molar-refractivity contribution in [1.29, 1.82) is 0 Å². The van der Waals surface area contributed by atoms with Crippen molar-refractivity contribution in [3.63, 3.8) is 0 Å². The number of aromatic nitrogens is 2. The Morgan fingerprint density at radius 1 is 1.25 bits per heavy atom. The topological polar surface area (TPSA) is 34.9 Å². The fourth-order valence-corrected chi connectivity index (χ4v) is 2.69. The average molecular weight is 412 g/mol. The van der Waals surface area contributed by atoms with Crippen LogP contribution in [0, 0.1) is 0 Å². The molecule has 1 heterocycles. The Morgan fingerprint density at radius 2 is 1.90 bits per heavy atom. The molecule has 2 aromatic rings. The van der Waals surface area contributed by atoms with Crippen LogP contribution in [0.25, 0.3) is 0 Å². The van der Waals surface area contributed by atoms with Crippen molar-refractivity contribution in [2.45, 2.75) is 6.18 Å². The quantitative estimate of drug-likeness (QED) is 0.694. The van der Waals surface area contributed by atoms with Gasteiger partial charge in [-0.3, -0.25) is 9.48 Å². The molecule has 0 saturated heterocycles. The van der Waals surface area contributed by atoms with Gasteiger partial charge >= 0.3 is 6.18 Å². The number of benzene rings is 1. The normalized spacial score (nSPS) is 11.7. The lowest BCUT2D eigenvalue weighted by Crippen LogP contribution is -2.12. The van der Waals surface area contributed by atoms with Gasteiger partial charge in [-0.2, -0.15) is 18.3 Å². The molecule has 0 atom stereocenters. The molecular weight excluding hydrogens is 405 g/mol. The lowest BCUT2D eigenvalue weighted by atomic mass is 10.0. The van der Waals surface area contributed by atoms with Crippen molar-refractivity contribution < 1.29 is 18.0 Å². The van der Waals surface area contributed by atoms with Gasteiger partial charge in [-0.15, -0.1) is 0 Å². The summed E-state index contributed by atoms with van der Waals surface area (Å²) in [6.07, 6.45) is -3.12. The highest BCUT2D eigenvalue weighted by Gasteiger charge is 2.34. The summed E-state index contributed by atoms with van der Waals surface area (Å²) >= 11 is 5.99. The van der Waals surface area contributed by atoms with E-state index in [0.717, 1.165) is 6.07 Å². The summed E-state index contributed by atoms with van der Waals surface area (Å²) < 4.78 is 40.1. The number of rotatable bonds is 2. The number of halogens is 5. The molecular formula is C12H7Br2F3N2O. The van der Waals surface area contributed by atoms with E-state index >= 15 is 0 Å². The molecule has 0 aliphatic carbocycles. The maximum absolute atomic E-state index is 12.8. The van der Waals surface area contributed by atoms with Crippen LogP contribution in [0.4, 0.5) is 13.2 Å². The van der Waals surface area contributed by atoms with E-state index in [1.807, 2.05) is 0 Å². The Morgan fingerprint density at radius 3 is 2.40 bits per heavy atom. The maximum Gasteiger partial charge on any atom is 0.417 e. The van der Waals surface area contributed by atoms with E-state index in [2.05, 4.69) is 37.0 Å². The fourth-order valence-electron chi connectivity index (χ4n) is 1.69. The fraction of sp³-hybridized carbons (Fsp3) is 0.167. The summed E-state index contributed by atoms with van der Waals surface area (Å²) in [5.74, 6) is -0.533. The highest BCUT2D eigenvalue weighted by atomic mass is 79.9. The molecule has 0 unspecified atom stereocenters.